The Bertz CT molecular complexity index is 1410. The van der Waals surface area contributed by atoms with Crippen molar-refractivity contribution in [1.29, 1.82) is 0 Å². The summed E-state index contributed by atoms with van der Waals surface area (Å²) < 4.78 is 16.0. The average molecular weight is 527 g/mol. The molecule has 7 heteroatoms. The minimum absolute atomic E-state index is 0.0385. The lowest BCUT2D eigenvalue weighted by Crippen LogP contribution is -2.42. The lowest BCUT2D eigenvalue weighted by Gasteiger charge is -2.35. The molecule has 1 N–H and O–H groups in total. The van der Waals surface area contributed by atoms with Crippen LogP contribution in [0.25, 0.3) is 11.0 Å². The van der Waals surface area contributed by atoms with Gasteiger partial charge in [-0.2, -0.15) is 0 Å². The van der Waals surface area contributed by atoms with Gasteiger partial charge in [0.15, 0.2) is 0 Å². The van der Waals surface area contributed by atoms with Crippen LogP contribution in [0.5, 0.6) is 0 Å². The fraction of sp³-hybridized carbons (Fsp3) is 0.344. The average Bonchev–Trinajstić information content (AvgIpc) is 3.32. The molecule has 0 bridgehead atoms. The third kappa shape index (κ3) is 6.53. The number of hydrogen-bond donors (Lipinski definition) is 1. The quantitative estimate of drug-likeness (QED) is 0.262. The summed E-state index contributed by atoms with van der Waals surface area (Å²) >= 11 is 0. The van der Waals surface area contributed by atoms with E-state index in [-0.39, 0.29) is 24.1 Å². The Hall–Kier alpha value is -4.00. The van der Waals surface area contributed by atoms with E-state index in [1.807, 2.05) is 47.0 Å². The molecule has 39 heavy (non-hydrogen) atoms. The number of halogens is 1. The molecule has 0 unspecified atom stereocenters. The van der Waals surface area contributed by atoms with Crippen molar-refractivity contribution in [3.63, 3.8) is 0 Å². The Morgan fingerprint density at radius 3 is 2.44 bits per heavy atom. The molecule has 4 aromatic rings. The summed E-state index contributed by atoms with van der Waals surface area (Å²) in [6, 6.07) is 24.3. The number of carbonyl (C=O) groups excluding carboxylic acids is 2. The van der Waals surface area contributed by atoms with E-state index in [1.54, 1.807) is 12.1 Å². The summed E-state index contributed by atoms with van der Waals surface area (Å²) in [5.41, 5.74) is 2.96. The highest BCUT2D eigenvalue weighted by molar-refractivity contribution is 5.94. The van der Waals surface area contributed by atoms with E-state index in [9.17, 15) is 14.0 Å². The molecule has 1 aliphatic carbocycles. The minimum atomic E-state index is -0.534. The number of carbonyl (C=O) groups is 2. The van der Waals surface area contributed by atoms with Gasteiger partial charge < -0.3 is 14.8 Å². The van der Waals surface area contributed by atoms with Gasteiger partial charge >= 0.3 is 0 Å². The molecule has 0 saturated heterocycles. The molecule has 1 heterocycles. The molecule has 3 aromatic carbocycles. The molecule has 0 spiro atoms. The maximum absolute atomic E-state index is 13.9. The number of imidazole rings is 1. The van der Waals surface area contributed by atoms with Crippen LogP contribution >= 0.6 is 0 Å². The fourth-order valence-electron chi connectivity index (χ4n) is 5.50. The number of nitrogens with zero attached hydrogens (tertiary/aromatic N) is 3. The van der Waals surface area contributed by atoms with E-state index in [1.165, 1.54) is 18.6 Å². The van der Waals surface area contributed by atoms with E-state index in [4.69, 9.17) is 4.98 Å². The first-order valence-corrected chi connectivity index (χ1v) is 13.9. The van der Waals surface area contributed by atoms with Crippen LogP contribution in [0.15, 0.2) is 78.9 Å². The van der Waals surface area contributed by atoms with Gasteiger partial charge in [-0.05, 0) is 49.1 Å². The molecule has 1 aliphatic rings. The highest BCUT2D eigenvalue weighted by Gasteiger charge is 2.27. The zero-order valence-electron chi connectivity index (χ0n) is 22.2. The van der Waals surface area contributed by atoms with Crippen molar-refractivity contribution in [2.45, 2.75) is 64.1 Å². The second kappa shape index (κ2) is 12.7. The first-order valence-electron chi connectivity index (χ1n) is 13.9. The number of rotatable bonds is 10. The van der Waals surface area contributed by atoms with Gasteiger partial charge in [0.2, 0.25) is 5.91 Å². The second-order valence-electron chi connectivity index (χ2n) is 10.2. The summed E-state index contributed by atoms with van der Waals surface area (Å²) in [5.74, 6) is -0.0508. The third-order valence-corrected chi connectivity index (χ3v) is 7.54. The molecule has 6 nitrogen and oxygen atoms in total. The standard InChI is InChI=1S/C32H35FN4O2/c33-27-17-8-7-16-26(27)32(39)34-21-11-20-30-35-28-18-9-10-19-29(28)37(30)23-31(38)36(25-14-5-2-6-15-25)22-24-12-3-1-4-13-24/h1,3-4,7-10,12-13,16-19,25H,2,5-6,11,14-15,20-23H2,(H,34,39). The summed E-state index contributed by atoms with van der Waals surface area (Å²) in [6.07, 6.45) is 6.82. The van der Waals surface area contributed by atoms with Crippen LogP contribution in [0.1, 0.15) is 60.3 Å². The van der Waals surface area contributed by atoms with Crippen molar-refractivity contribution >= 4 is 22.8 Å². The lowest BCUT2D eigenvalue weighted by atomic mass is 9.93. The third-order valence-electron chi connectivity index (χ3n) is 7.54. The van der Waals surface area contributed by atoms with Crippen LogP contribution in [0.2, 0.25) is 0 Å². The van der Waals surface area contributed by atoms with Gasteiger partial charge in [-0.3, -0.25) is 9.59 Å². The predicted molar refractivity (Wildman–Crippen MR) is 151 cm³/mol. The van der Waals surface area contributed by atoms with E-state index in [0.717, 1.165) is 48.1 Å². The Labute approximate surface area is 228 Å². The molecule has 2 amide bonds. The summed E-state index contributed by atoms with van der Waals surface area (Å²) in [7, 11) is 0. The van der Waals surface area contributed by atoms with Gasteiger partial charge in [-0.1, -0.05) is 73.9 Å². The summed E-state index contributed by atoms with van der Waals surface area (Å²) in [4.78, 5) is 33.2. The maximum Gasteiger partial charge on any atom is 0.254 e. The van der Waals surface area contributed by atoms with Crippen LogP contribution in [-0.4, -0.2) is 38.9 Å². The summed E-state index contributed by atoms with van der Waals surface area (Å²) in [6.45, 7) is 1.21. The SMILES string of the molecule is O=C(NCCCc1nc2ccccc2n1CC(=O)N(Cc1ccccc1)C1CCCCC1)c1ccccc1F. The number of amides is 2. The number of para-hydroxylation sites is 2. The predicted octanol–water partition coefficient (Wildman–Crippen LogP) is 5.90. The number of nitrogens with one attached hydrogen (secondary N) is 1. The Kier molecular flexibility index (Phi) is 8.66. The van der Waals surface area contributed by atoms with Crippen LogP contribution < -0.4 is 5.32 Å². The monoisotopic (exact) mass is 526 g/mol. The lowest BCUT2D eigenvalue weighted by molar-refractivity contribution is -0.135. The first-order chi connectivity index (χ1) is 19.1. The van der Waals surface area contributed by atoms with Crippen molar-refractivity contribution in [2.24, 2.45) is 0 Å². The van der Waals surface area contributed by atoms with E-state index < -0.39 is 11.7 Å². The first kappa shape index (κ1) is 26.6. The van der Waals surface area contributed by atoms with E-state index in [2.05, 4.69) is 22.3 Å². The van der Waals surface area contributed by atoms with Crippen molar-refractivity contribution in [1.82, 2.24) is 19.8 Å². The van der Waals surface area contributed by atoms with Crippen molar-refractivity contribution in [3.05, 3.63) is 102 Å². The minimum Gasteiger partial charge on any atom is -0.352 e. The van der Waals surface area contributed by atoms with Gasteiger partial charge in [0, 0.05) is 25.6 Å². The number of hydrogen-bond acceptors (Lipinski definition) is 3. The van der Waals surface area contributed by atoms with Gasteiger partial charge in [-0.15, -0.1) is 0 Å². The zero-order valence-corrected chi connectivity index (χ0v) is 22.2. The molecular weight excluding hydrogens is 491 g/mol. The van der Waals surface area contributed by atoms with Crippen LogP contribution in [-0.2, 0) is 24.3 Å². The molecule has 5 rings (SSSR count). The van der Waals surface area contributed by atoms with Gasteiger partial charge in [0.1, 0.15) is 18.2 Å². The molecular formula is C32H35FN4O2. The molecule has 0 aliphatic heterocycles. The van der Waals surface area contributed by atoms with Crippen LogP contribution in [0.3, 0.4) is 0 Å². The number of fused-ring (bicyclic) bond motifs is 1. The second-order valence-corrected chi connectivity index (χ2v) is 10.2. The molecule has 1 saturated carbocycles. The van der Waals surface area contributed by atoms with Crippen molar-refractivity contribution in [2.75, 3.05) is 6.54 Å². The summed E-state index contributed by atoms with van der Waals surface area (Å²) in [5, 5.41) is 2.80. The van der Waals surface area contributed by atoms with Gasteiger partial charge in [-0.25, -0.2) is 9.37 Å². The highest BCUT2D eigenvalue weighted by Crippen LogP contribution is 2.25. The largest absolute Gasteiger partial charge is 0.352 e. The normalized spacial score (nSPS) is 13.9. The zero-order chi connectivity index (χ0) is 27.0. The van der Waals surface area contributed by atoms with E-state index in [0.29, 0.717) is 25.9 Å². The molecule has 202 valence electrons. The number of aryl methyl sites for hydroxylation is 1. The van der Waals surface area contributed by atoms with Crippen molar-refractivity contribution in [3.8, 4) is 0 Å². The Morgan fingerprint density at radius 1 is 0.923 bits per heavy atom. The Balaban J connectivity index is 1.30. The highest BCUT2D eigenvalue weighted by atomic mass is 19.1. The van der Waals surface area contributed by atoms with Crippen LogP contribution in [0, 0.1) is 5.82 Å². The molecule has 1 aromatic heterocycles. The number of benzene rings is 3. The molecule has 0 atom stereocenters. The van der Waals surface area contributed by atoms with Crippen LogP contribution in [0.4, 0.5) is 4.39 Å². The number of aromatic nitrogens is 2. The topological polar surface area (TPSA) is 67.2 Å². The van der Waals surface area contributed by atoms with Crippen molar-refractivity contribution < 1.29 is 14.0 Å². The maximum atomic E-state index is 13.9. The Morgan fingerprint density at radius 2 is 1.64 bits per heavy atom. The van der Waals surface area contributed by atoms with Gasteiger partial charge in [0.05, 0.1) is 16.6 Å². The van der Waals surface area contributed by atoms with E-state index >= 15 is 0 Å². The smallest absolute Gasteiger partial charge is 0.254 e. The molecule has 1 fully saturated rings. The van der Waals surface area contributed by atoms with Gasteiger partial charge in [0.25, 0.3) is 5.91 Å². The molecule has 0 radical (unpaired) electrons. The fourth-order valence-corrected chi connectivity index (χ4v) is 5.50.